The maximum Gasteiger partial charge on any atom is 0.275 e. The van der Waals surface area contributed by atoms with Crippen LogP contribution in [0.1, 0.15) is 16.2 Å². The van der Waals surface area contributed by atoms with Gasteiger partial charge in [0.1, 0.15) is 10.8 Å². The Morgan fingerprint density at radius 2 is 2.14 bits per heavy atom. The zero-order valence-electron chi connectivity index (χ0n) is 10.8. The van der Waals surface area contributed by atoms with Gasteiger partial charge in [-0.25, -0.2) is 19.3 Å². The summed E-state index contributed by atoms with van der Waals surface area (Å²) in [5.41, 5.74) is 1.26. The van der Waals surface area contributed by atoms with E-state index in [9.17, 15) is 9.18 Å². The molecule has 0 fully saturated rings. The van der Waals surface area contributed by atoms with Crippen LogP contribution >= 0.6 is 11.6 Å². The van der Waals surface area contributed by atoms with Gasteiger partial charge in [-0.1, -0.05) is 11.6 Å². The first kappa shape index (κ1) is 13.4. The molecule has 0 unspecified atom stereocenters. The Morgan fingerprint density at radius 3 is 2.86 bits per heavy atom. The number of rotatable bonds is 2. The minimum Gasteiger partial charge on any atom is -0.319 e. The van der Waals surface area contributed by atoms with Crippen molar-refractivity contribution in [2.75, 3.05) is 5.32 Å². The predicted molar refractivity (Wildman–Crippen MR) is 74.9 cm³/mol. The number of nitrogens with one attached hydrogen (secondary N) is 1. The molecule has 0 aliphatic heterocycles. The number of aromatic nitrogens is 4. The first-order chi connectivity index (χ1) is 10.0. The second-order valence-corrected chi connectivity index (χ2v) is 4.76. The van der Waals surface area contributed by atoms with Gasteiger partial charge in [-0.15, -0.1) is 0 Å². The van der Waals surface area contributed by atoms with Gasteiger partial charge in [0, 0.05) is 18.5 Å². The molecule has 0 aliphatic rings. The molecule has 3 rings (SSSR count). The van der Waals surface area contributed by atoms with Crippen molar-refractivity contribution in [2.24, 2.45) is 0 Å². The summed E-state index contributed by atoms with van der Waals surface area (Å²) in [5, 5.41) is 2.73. The molecule has 0 radical (unpaired) electrons. The van der Waals surface area contributed by atoms with Gasteiger partial charge >= 0.3 is 0 Å². The Hall–Kier alpha value is -2.54. The van der Waals surface area contributed by atoms with Crippen LogP contribution in [0, 0.1) is 12.7 Å². The Balaban J connectivity index is 1.90. The van der Waals surface area contributed by atoms with E-state index in [2.05, 4.69) is 20.3 Å². The number of amides is 1. The normalized spacial score (nSPS) is 10.8. The highest BCUT2D eigenvalue weighted by Gasteiger charge is 2.11. The average molecular weight is 306 g/mol. The minimum absolute atomic E-state index is 0.0849. The van der Waals surface area contributed by atoms with E-state index in [4.69, 9.17) is 11.6 Å². The molecule has 1 amide bonds. The number of hydrogen-bond acceptors (Lipinski definition) is 4. The number of aryl methyl sites for hydroxylation is 1. The molecule has 106 valence electrons. The monoisotopic (exact) mass is 305 g/mol. The van der Waals surface area contributed by atoms with Gasteiger partial charge in [0.15, 0.2) is 11.5 Å². The molecule has 0 aliphatic carbocycles. The van der Waals surface area contributed by atoms with E-state index in [1.165, 1.54) is 22.9 Å². The van der Waals surface area contributed by atoms with E-state index in [1.54, 1.807) is 19.3 Å². The summed E-state index contributed by atoms with van der Waals surface area (Å²) in [6.45, 7) is 1.76. The molecule has 1 N–H and O–H groups in total. The van der Waals surface area contributed by atoms with Gasteiger partial charge in [0.25, 0.3) is 5.91 Å². The highest BCUT2D eigenvalue weighted by atomic mass is 35.5. The molecule has 3 aromatic rings. The van der Waals surface area contributed by atoms with Crippen molar-refractivity contribution < 1.29 is 9.18 Å². The largest absolute Gasteiger partial charge is 0.319 e. The molecule has 3 aromatic heterocycles. The number of carbonyl (C=O) groups excluding carboxylic acids is 1. The lowest BCUT2D eigenvalue weighted by molar-refractivity contribution is 0.102. The fourth-order valence-electron chi connectivity index (χ4n) is 1.87. The zero-order chi connectivity index (χ0) is 15.0. The number of fused-ring (bicyclic) bond motifs is 1. The van der Waals surface area contributed by atoms with Crippen LogP contribution in [0.3, 0.4) is 0 Å². The molecule has 0 aromatic carbocycles. The maximum atomic E-state index is 13.9. The Morgan fingerprint density at radius 1 is 1.33 bits per heavy atom. The fraction of sp³-hybridized carbons (Fsp3) is 0.0769. The molecule has 0 saturated heterocycles. The molecule has 0 spiro atoms. The number of pyridine rings is 1. The quantitative estimate of drug-likeness (QED) is 0.789. The number of carbonyl (C=O) groups is 1. The van der Waals surface area contributed by atoms with Gasteiger partial charge in [-0.05, 0) is 6.92 Å². The van der Waals surface area contributed by atoms with Crippen molar-refractivity contribution in [3.8, 4) is 0 Å². The lowest BCUT2D eigenvalue weighted by atomic mass is 10.3. The van der Waals surface area contributed by atoms with Crippen LogP contribution in [-0.2, 0) is 0 Å². The first-order valence-electron chi connectivity index (χ1n) is 5.96. The zero-order valence-corrected chi connectivity index (χ0v) is 11.6. The van der Waals surface area contributed by atoms with Crippen LogP contribution in [0.15, 0.2) is 30.9 Å². The molecule has 0 bridgehead atoms. The molecule has 0 atom stereocenters. The molecule has 6 nitrogen and oxygen atoms in total. The topological polar surface area (TPSA) is 72.2 Å². The van der Waals surface area contributed by atoms with E-state index in [-0.39, 0.29) is 16.5 Å². The molecule has 0 saturated carbocycles. The smallest absolute Gasteiger partial charge is 0.275 e. The van der Waals surface area contributed by atoms with Gasteiger partial charge in [-0.3, -0.25) is 4.79 Å². The summed E-state index contributed by atoms with van der Waals surface area (Å²) < 4.78 is 15.4. The fourth-order valence-corrected chi connectivity index (χ4v) is 1.97. The number of halogens is 2. The number of anilines is 1. The second-order valence-electron chi connectivity index (χ2n) is 4.37. The number of hydrogen-bond donors (Lipinski definition) is 1. The molecule has 8 heteroatoms. The third-order valence-corrected chi connectivity index (χ3v) is 2.93. The summed E-state index contributed by atoms with van der Waals surface area (Å²) in [4.78, 5) is 23.6. The van der Waals surface area contributed by atoms with Crippen molar-refractivity contribution in [2.45, 2.75) is 6.92 Å². The molecular formula is C13H9ClFN5O. The second kappa shape index (κ2) is 5.10. The molecule has 21 heavy (non-hydrogen) atoms. The van der Waals surface area contributed by atoms with E-state index in [1.807, 2.05) is 0 Å². The minimum atomic E-state index is -0.525. The summed E-state index contributed by atoms with van der Waals surface area (Å²) in [5.74, 6) is -1.03. The third kappa shape index (κ3) is 2.68. The third-order valence-electron chi connectivity index (χ3n) is 2.74. The number of nitrogens with zero attached hydrogens (tertiary/aromatic N) is 4. The lowest BCUT2D eigenvalue weighted by Gasteiger charge is -2.05. The van der Waals surface area contributed by atoms with Crippen LogP contribution in [-0.4, -0.2) is 25.3 Å². The van der Waals surface area contributed by atoms with E-state index >= 15 is 0 Å². The summed E-state index contributed by atoms with van der Waals surface area (Å²) in [6, 6.07) is 1.20. The van der Waals surface area contributed by atoms with Gasteiger partial charge in [0.05, 0.1) is 23.8 Å². The summed E-state index contributed by atoms with van der Waals surface area (Å²) in [6.07, 6.45) is 5.74. The van der Waals surface area contributed by atoms with Crippen LogP contribution in [0.25, 0.3) is 5.65 Å². The molecule has 3 heterocycles. The van der Waals surface area contributed by atoms with Gasteiger partial charge < -0.3 is 9.72 Å². The first-order valence-corrected chi connectivity index (χ1v) is 6.34. The predicted octanol–water partition coefficient (Wildman–Crippen LogP) is 2.48. The van der Waals surface area contributed by atoms with Gasteiger partial charge in [0.2, 0.25) is 0 Å². The van der Waals surface area contributed by atoms with Crippen molar-refractivity contribution in [3.05, 3.63) is 53.2 Å². The molecular weight excluding hydrogens is 297 g/mol. The summed E-state index contributed by atoms with van der Waals surface area (Å²) in [7, 11) is 0. The highest BCUT2D eigenvalue weighted by Crippen LogP contribution is 2.16. The van der Waals surface area contributed by atoms with E-state index in [0.29, 0.717) is 11.4 Å². The van der Waals surface area contributed by atoms with E-state index in [0.717, 1.165) is 0 Å². The van der Waals surface area contributed by atoms with E-state index < -0.39 is 11.7 Å². The average Bonchev–Trinajstić information content (AvgIpc) is 2.80. The summed E-state index contributed by atoms with van der Waals surface area (Å²) >= 11 is 5.60. The Labute approximate surface area is 123 Å². The standard InChI is InChI=1S/C13H9ClFN5O/c1-7-5-20-6-8(2-9(15)12(20)18-7)19-13(21)10-3-17-11(14)4-16-10/h2-6H,1H3,(H,19,21). The van der Waals surface area contributed by atoms with Crippen molar-refractivity contribution >= 4 is 28.8 Å². The van der Waals surface area contributed by atoms with Crippen LogP contribution < -0.4 is 5.32 Å². The SMILES string of the molecule is Cc1cn2cc(NC(=O)c3cnc(Cl)cn3)cc(F)c2n1. The Bertz CT molecular complexity index is 830. The van der Waals surface area contributed by atoms with Crippen LogP contribution in [0.5, 0.6) is 0 Å². The maximum absolute atomic E-state index is 13.9. The Kier molecular flexibility index (Phi) is 3.26. The van der Waals surface area contributed by atoms with Crippen molar-refractivity contribution in [1.82, 2.24) is 19.4 Å². The number of imidazole rings is 1. The van der Waals surface area contributed by atoms with Crippen LogP contribution in [0.2, 0.25) is 5.15 Å². The van der Waals surface area contributed by atoms with Crippen molar-refractivity contribution in [1.29, 1.82) is 0 Å². The lowest BCUT2D eigenvalue weighted by Crippen LogP contribution is -2.14. The van der Waals surface area contributed by atoms with Crippen molar-refractivity contribution in [3.63, 3.8) is 0 Å². The highest BCUT2D eigenvalue weighted by molar-refractivity contribution is 6.29. The van der Waals surface area contributed by atoms with Gasteiger partial charge in [-0.2, -0.15) is 0 Å². The van der Waals surface area contributed by atoms with Crippen LogP contribution in [0.4, 0.5) is 10.1 Å².